The molecular formula is C26H8F14N2O4S4. The molecule has 0 unspecified atom stereocenters. The average molecular weight is 807 g/mol. The van der Waals surface area contributed by atoms with E-state index in [1.165, 1.54) is 0 Å². The normalized spacial score (nSPS) is 18.4. The molecule has 2 aromatic carbocycles. The first-order valence-corrected chi connectivity index (χ1v) is 16.2. The van der Waals surface area contributed by atoms with Crippen LogP contribution in [0, 0.1) is 0 Å². The molecule has 0 bridgehead atoms. The number of hydrogen-bond acceptors (Lipinski definition) is 8. The Balaban J connectivity index is 1.19. The first-order valence-electron chi connectivity index (χ1n) is 12.9. The molecular weight excluding hydrogens is 799 g/mol. The van der Waals surface area contributed by atoms with Gasteiger partial charge >= 0.3 is 36.0 Å². The zero-order chi connectivity index (χ0) is 37.3. The minimum Gasteiger partial charge on any atom is -0.269 e. The molecule has 0 saturated heterocycles. The number of rotatable bonds is 6. The van der Waals surface area contributed by atoms with Gasteiger partial charge in [-0.05, 0) is 24.3 Å². The van der Waals surface area contributed by atoms with E-state index in [2.05, 4.69) is 0 Å². The van der Waals surface area contributed by atoms with Crippen molar-refractivity contribution in [2.75, 3.05) is 13.1 Å². The largest absolute Gasteiger partial charge is 0.459 e. The Kier molecular flexibility index (Phi) is 8.20. The van der Waals surface area contributed by atoms with Gasteiger partial charge in [0.25, 0.3) is 23.6 Å². The van der Waals surface area contributed by atoms with Crippen molar-refractivity contribution >= 4 is 70.7 Å². The summed E-state index contributed by atoms with van der Waals surface area (Å²) >= 11 is 3.80. The van der Waals surface area contributed by atoms with E-state index in [9.17, 15) is 80.6 Å². The summed E-state index contributed by atoms with van der Waals surface area (Å²) in [4.78, 5) is 51.0. The third-order valence-corrected chi connectivity index (χ3v) is 13.0. The summed E-state index contributed by atoms with van der Waals surface area (Å²) in [6.07, 6.45) is -13.4. The Labute approximate surface area is 284 Å². The summed E-state index contributed by atoms with van der Waals surface area (Å²) in [5.41, 5.74) is -2.20. The Morgan fingerprint density at radius 2 is 0.640 bits per heavy atom. The Morgan fingerprint density at radius 3 is 0.840 bits per heavy atom. The third-order valence-electron chi connectivity index (χ3n) is 7.39. The number of benzene rings is 2. The summed E-state index contributed by atoms with van der Waals surface area (Å²) in [6.45, 7) is -5.13. The highest BCUT2D eigenvalue weighted by atomic mass is 32.2. The summed E-state index contributed by atoms with van der Waals surface area (Å²) in [5, 5.41) is 0. The van der Waals surface area contributed by atoms with E-state index in [0.717, 1.165) is 71.3 Å². The fourth-order valence-corrected chi connectivity index (χ4v) is 10.2. The zero-order valence-corrected chi connectivity index (χ0v) is 26.4. The Hall–Kier alpha value is -3.12. The number of fused-ring (bicyclic) bond motifs is 4. The fraction of sp³-hybridized carbons (Fsp3) is 0.308. The van der Waals surface area contributed by atoms with E-state index in [4.69, 9.17) is 0 Å². The maximum absolute atomic E-state index is 14.0. The lowest BCUT2D eigenvalue weighted by Crippen LogP contribution is -2.57. The molecule has 50 heavy (non-hydrogen) atoms. The second kappa shape index (κ2) is 11.2. The van der Waals surface area contributed by atoms with E-state index < -0.39 is 105 Å². The summed E-state index contributed by atoms with van der Waals surface area (Å²) in [5.74, 6) is -31.1. The van der Waals surface area contributed by atoms with Crippen molar-refractivity contribution in [2.24, 2.45) is 0 Å². The molecule has 0 spiro atoms. The van der Waals surface area contributed by atoms with Crippen molar-refractivity contribution in [3.8, 4) is 0 Å². The molecule has 0 saturated carbocycles. The van der Waals surface area contributed by atoms with Gasteiger partial charge in [0, 0.05) is 19.6 Å². The van der Waals surface area contributed by atoms with Crippen molar-refractivity contribution < 1.29 is 80.6 Å². The number of carbonyl (C=O) groups excluding carboxylic acids is 4. The van der Waals surface area contributed by atoms with Crippen LogP contribution in [0.5, 0.6) is 0 Å². The summed E-state index contributed by atoms with van der Waals surface area (Å²) in [7, 11) is 0. The first kappa shape index (κ1) is 36.7. The number of thioether (sulfide) groups is 4. The Bertz CT molecular complexity index is 1730. The smallest absolute Gasteiger partial charge is 0.269 e. The molecule has 0 fully saturated rings. The molecule has 4 aliphatic heterocycles. The van der Waals surface area contributed by atoms with Crippen LogP contribution in [-0.4, -0.2) is 82.6 Å². The number of carbonyl (C=O) groups is 4. The highest BCUT2D eigenvalue weighted by Crippen LogP contribution is 2.62. The van der Waals surface area contributed by atoms with Crippen LogP contribution in [0.25, 0.3) is 0 Å². The molecule has 2 aromatic rings. The van der Waals surface area contributed by atoms with Crippen LogP contribution in [0.3, 0.4) is 0 Å². The first-order chi connectivity index (χ1) is 22.7. The molecule has 0 aromatic heterocycles. The van der Waals surface area contributed by atoms with Crippen LogP contribution in [0.15, 0.2) is 52.3 Å². The quantitative estimate of drug-likeness (QED) is 0.212. The highest BCUT2D eigenvalue weighted by Gasteiger charge is 2.75. The molecule has 6 nitrogen and oxygen atoms in total. The van der Waals surface area contributed by atoms with Crippen molar-refractivity contribution in [3.63, 3.8) is 0 Å². The minimum absolute atomic E-state index is 0.240. The maximum Gasteiger partial charge on any atom is 0.459 e. The number of nitrogens with zero attached hydrogens (tertiary/aromatic N) is 2. The van der Waals surface area contributed by atoms with Crippen LogP contribution in [-0.2, 0) is 0 Å². The van der Waals surface area contributed by atoms with Crippen LogP contribution in [0.1, 0.15) is 41.4 Å². The van der Waals surface area contributed by atoms with Gasteiger partial charge in [0.05, 0.1) is 43.8 Å². The van der Waals surface area contributed by atoms with Crippen molar-refractivity contribution in [3.05, 3.63) is 55.0 Å². The van der Waals surface area contributed by atoms with Gasteiger partial charge in [-0.15, -0.1) is 0 Å². The van der Waals surface area contributed by atoms with Gasteiger partial charge in [-0.25, -0.2) is 0 Å². The molecule has 0 atom stereocenters. The monoisotopic (exact) mass is 806 g/mol. The molecule has 0 radical (unpaired) electrons. The van der Waals surface area contributed by atoms with Crippen molar-refractivity contribution in [2.45, 2.75) is 55.6 Å². The molecule has 4 aliphatic rings. The summed E-state index contributed by atoms with van der Waals surface area (Å²) < 4.78 is 186. The average Bonchev–Trinajstić information content (AvgIpc) is 3.71. The predicted octanol–water partition coefficient (Wildman–Crippen LogP) is 8.77. The molecule has 0 aliphatic carbocycles. The van der Waals surface area contributed by atoms with E-state index in [-0.39, 0.29) is 19.6 Å². The second-order valence-corrected chi connectivity index (χ2v) is 15.3. The summed E-state index contributed by atoms with van der Waals surface area (Å²) in [6, 6.07) is 4.19. The van der Waals surface area contributed by atoms with E-state index in [0.29, 0.717) is 8.47 Å². The molecule has 4 heterocycles. The number of imide groups is 2. The van der Waals surface area contributed by atoms with Gasteiger partial charge in [-0.3, -0.25) is 29.0 Å². The van der Waals surface area contributed by atoms with Crippen molar-refractivity contribution in [1.29, 1.82) is 0 Å². The molecule has 4 amide bonds. The number of amides is 4. The van der Waals surface area contributed by atoms with Gasteiger partial charge < -0.3 is 0 Å². The van der Waals surface area contributed by atoms with E-state index in [1.807, 2.05) is 0 Å². The molecule has 24 heteroatoms. The van der Waals surface area contributed by atoms with Crippen LogP contribution in [0.2, 0.25) is 0 Å². The maximum atomic E-state index is 14.0. The molecule has 268 valence electrons. The number of halogens is 14. The standard InChI is InChI=1S/C26H8F14N2O4S4/c27-21(28,23(31,32)25(35,36)37)5-41-15(43)7-1-11-12(2-8(7)16(41)44)48-19(47-11)20-49-13-3-9-10(4-14(13)50-20)18(46)42(17(9)45)6-22(29,30)24(33,34)26(38,39)40/h1-4H,5-6H2. The van der Waals surface area contributed by atoms with E-state index >= 15 is 0 Å². The van der Waals surface area contributed by atoms with Gasteiger partial charge in [0.15, 0.2) is 0 Å². The van der Waals surface area contributed by atoms with Crippen LogP contribution < -0.4 is 0 Å². The fourth-order valence-electron chi connectivity index (χ4n) is 4.82. The lowest BCUT2D eigenvalue weighted by molar-refractivity contribution is -0.354. The van der Waals surface area contributed by atoms with Gasteiger partial charge in [-0.1, -0.05) is 47.0 Å². The Morgan fingerprint density at radius 1 is 0.420 bits per heavy atom. The number of alkyl halides is 14. The second-order valence-electron chi connectivity index (χ2n) is 10.6. The zero-order valence-electron chi connectivity index (χ0n) is 23.2. The lowest BCUT2D eigenvalue weighted by atomic mass is 10.1. The van der Waals surface area contributed by atoms with Crippen LogP contribution in [0.4, 0.5) is 61.5 Å². The van der Waals surface area contributed by atoms with Crippen LogP contribution >= 0.6 is 47.0 Å². The van der Waals surface area contributed by atoms with Gasteiger partial charge in [-0.2, -0.15) is 61.5 Å². The molecule has 6 rings (SSSR count). The van der Waals surface area contributed by atoms with Gasteiger partial charge in [0.2, 0.25) is 0 Å². The lowest BCUT2D eigenvalue weighted by Gasteiger charge is -2.30. The highest BCUT2D eigenvalue weighted by molar-refractivity contribution is 8.30. The predicted molar refractivity (Wildman–Crippen MR) is 146 cm³/mol. The SMILES string of the molecule is O=C1c2cc3c(cc2C(=O)N1CC(F)(F)C(F)(F)C(F)(F)F)SC(=C1Sc2cc4c(cc2S1)C(=O)N(CC(F)(F)C(F)(F)C(F)(F)F)C4=O)S3. The molecule has 0 N–H and O–H groups in total. The van der Waals surface area contributed by atoms with E-state index in [1.54, 1.807) is 0 Å². The van der Waals surface area contributed by atoms with Gasteiger partial charge in [0.1, 0.15) is 0 Å². The van der Waals surface area contributed by atoms with Crippen molar-refractivity contribution in [1.82, 2.24) is 9.80 Å². The number of hydrogen-bond donors (Lipinski definition) is 0. The third kappa shape index (κ3) is 5.37. The minimum atomic E-state index is -6.69. The topological polar surface area (TPSA) is 74.8 Å².